The molecule has 0 aromatic carbocycles. The van der Waals surface area contributed by atoms with Crippen molar-refractivity contribution in [2.45, 2.75) is 32.6 Å². The first kappa shape index (κ1) is 15.3. The van der Waals surface area contributed by atoms with E-state index in [1.165, 1.54) is 10.6 Å². The summed E-state index contributed by atoms with van der Waals surface area (Å²) in [5.41, 5.74) is -3.37. The second-order valence-electron chi connectivity index (χ2n) is 4.67. The second kappa shape index (κ2) is 4.71. The molecule has 0 aliphatic carbocycles. The number of nitrogens with zero attached hydrogens (tertiary/aromatic N) is 1. The summed E-state index contributed by atoms with van der Waals surface area (Å²) in [6.07, 6.45) is -5.13. The number of nitrogens with one attached hydrogen (secondary N) is 2. The highest BCUT2D eigenvalue weighted by Crippen LogP contribution is 2.33. The van der Waals surface area contributed by atoms with Gasteiger partial charge in [-0.15, -0.1) is 0 Å². The number of urea groups is 1. The fraction of sp³-hybridized carbons (Fsp3) is 0.700. The molecule has 0 radical (unpaired) electrons. The van der Waals surface area contributed by atoms with Crippen LogP contribution in [0.25, 0.3) is 0 Å². The lowest BCUT2D eigenvalue weighted by Gasteiger charge is -2.29. The summed E-state index contributed by atoms with van der Waals surface area (Å²) in [5, 5.41) is 3.02. The van der Waals surface area contributed by atoms with Crippen LogP contribution in [0.2, 0.25) is 0 Å². The predicted octanol–water partition coefficient (Wildman–Crippen LogP) is 0.589. The van der Waals surface area contributed by atoms with Crippen molar-refractivity contribution < 1.29 is 27.6 Å². The Hall–Kier alpha value is -1.80. The summed E-state index contributed by atoms with van der Waals surface area (Å²) in [7, 11) is 0. The van der Waals surface area contributed by atoms with Crippen molar-refractivity contribution in [3.63, 3.8) is 0 Å². The van der Waals surface area contributed by atoms with Gasteiger partial charge in [-0.05, 0) is 5.92 Å². The standard InChI is InChI=1S/C10H14F3N3O3/c1-5(2)4-16-7(18)9(10(11,12)13,14-6(3)17)15-8(16)19/h5H,4H2,1-3H3,(H,14,17)(H,15,19)/t9-/m1/s1. The van der Waals surface area contributed by atoms with Crippen LogP contribution in [0.3, 0.4) is 0 Å². The fourth-order valence-corrected chi connectivity index (χ4v) is 1.72. The lowest BCUT2D eigenvalue weighted by molar-refractivity contribution is -0.204. The molecule has 0 spiro atoms. The second-order valence-corrected chi connectivity index (χ2v) is 4.67. The maximum Gasteiger partial charge on any atom is 0.440 e. The number of halogens is 3. The Kier molecular flexibility index (Phi) is 3.78. The third-order valence-corrected chi connectivity index (χ3v) is 2.44. The molecule has 6 nitrogen and oxygen atoms in total. The van der Waals surface area contributed by atoms with Gasteiger partial charge in [-0.25, -0.2) is 4.79 Å². The fourth-order valence-electron chi connectivity index (χ4n) is 1.72. The molecule has 1 aliphatic heterocycles. The van der Waals surface area contributed by atoms with Crippen LogP contribution >= 0.6 is 0 Å². The van der Waals surface area contributed by atoms with Gasteiger partial charge in [0, 0.05) is 13.5 Å². The van der Waals surface area contributed by atoms with E-state index < -0.39 is 29.7 Å². The highest BCUT2D eigenvalue weighted by molar-refractivity contribution is 6.08. The maximum atomic E-state index is 13.0. The average Bonchev–Trinajstić information content (AvgIpc) is 2.41. The van der Waals surface area contributed by atoms with E-state index in [1.54, 1.807) is 13.8 Å². The summed E-state index contributed by atoms with van der Waals surface area (Å²) in [6, 6.07) is -1.18. The van der Waals surface area contributed by atoms with Crippen molar-refractivity contribution >= 4 is 17.8 Å². The van der Waals surface area contributed by atoms with E-state index in [9.17, 15) is 27.6 Å². The topological polar surface area (TPSA) is 78.5 Å². The summed E-state index contributed by atoms with van der Waals surface area (Å²) in [6.45, 7) is 3.96. The molecule has 9 heteroatoms. The van der Waals surface area contributed by atoms with Crippen LogP contribution in [0.1, 0.15) is 20.8 Å². The van der Waals surface area contributed by atoms with Crippen molar-refractivity contribution in [1.29, 1.82) is 0 Å². The Morgan fingerprint density at radius 1 is 1.42 bits per heavy atom. The quantitative estimate of drug-likeness (QED) is 0.743. The van der Waals surface area contributed by atoms with Gasteiger partial charge in [0.15, 0.2) is 0 Å². The van der Waals surface area contributed by atoms with Crippen LogP contribution in [0, 0.1) is 5.92 Å². The molecule has 0 unspecified atom stereocenters. The molecule has 1 saturated heterocycles. The minimum atomic E-state index is -5.13. The number of alkyl halides is 3. The molecule has 0 aromatic heterocycles. The first-order chi connectivity index (χ1) is 8.51. The van der Waals surface area contributed by atoms with Crippen LogP contribution in [0.4, 0.5) is 18.0 Å². The number of imide groups is 1. The average molecular weight is 281 g/mol. The Labute approximate surface area is 107 Å². The lowest BCUT2D eigenvalue weighted by Crippen LogP contribution is -2.69. The monoisotopic (exact) mass is 281 g/mol. The van der Waals surface area contributed by atoms with Crippen LogP contribution in [-0.4, -0.2) is 41.1 Å². The molecule has 0 saturated carbocycles. The number of amides is 4. The van der Waals surface area contributed by atoms with Gasteiger partial charge in [0.2, 0.25) is 5.91 Å². The van der Waals surface area contributed by atoms with Gasteiger partial charge in [-0.2, -0.15) is 13.2 Å². The number of hydrogen-bond donors (Lipinski definition) is 2. The Morgan fingerprint density at radius 3 is 2.32 bits per heavy atom. The van der Waals surface area contributed by atoms with Crippen molar-refractivity contribution in [2.75, 3.05) is 6.54 Å². The van der Waals surface area contributed by atoms with E-state index >= 15 is 0 Å². The van der Waals surface area contributed by atoms with Gasteiger partial charge in [-0.3, -0.25) is 19.8 Å². The lowest BCUT2D eigenvalue weighted by atomic mass is 10.1. The molecule has 1 aliphatic rings. The van der Waals surface area contributed by atoms with Gasteiger partial charge in [-0.1, -0.05) is 13.8 Å². The van der Waals surface area contributed by atoms with E-state index in [1.807, 2.05) is 0 Å². The molecule has 1 fully saturated rings. The normalized spacial score (nSPS) is 23.8. The van der Waals surface area contributed by atoms with Gasteiger partial charge in [0.05, 0.1) is 0 Å². The Morgan fingerprint density at radius 2 is 1.95 bits per heavy atom. The number of carbonyl (C=O) groups is 3. The third-order valence-electron chi connectivity index (χ3n) is 2.44. The number of hydrogen-bond acceptors (Lipinski definition) is 3. The van der Waals surface area contributed by atoms with Crippen LogP contribution in [0.5, 0.6) is 0 Å². The molecule has 1 atom stereocenters. The summed E-state index contributed by atoms with van der Waals surface area (Å²) in [4.78, 5) is 34.7. The van der Waals surface area contributed by atoms with E-state index in [-0.39, 0.29) is 12.5 Å². The van der Waals surface area contributed by atoms with Crippen molar-refractivity contribution in [3.05, 3.63) is 0 Å². The zero-order chi connectivity index (χ0) is 15.0. The first-order valence-electron chi connectivity index (χ1n) is 5.51. The van der Waals surface area contributed by atoms with Gasteiger partial charge >= 0.3 is 12.2 Å². The van der Waals surface area contributed by atoms with Crippen LogP contribution in [-0.2, 0) is 9.59 Å². The van der Waals surface area contributed by atoms with Crippen molar-refractivity contribution in [3.8, 4) is 0 Å². The molecule has 0 aromatic rings. The van der Waals surface area contributed by atoms with Crippen LogP contribution < -0.4 is 10.6 Å². The zero-order valence-corrected chi connectivity index (χ0v) is 10.6. The highest BCUT2D eigenvalue weighted by Gasteiger charge is 2.68. The number of carbonyl (C=O) groups excluding carboxylic acids is 3. The van der Waals surface area contributed by atoms with E-state index in [0.29, 0.717) is 4.90 Å². The summed E-state index contributed by atoms with van der Waals surface area (Å²) >= 11 is 0. The summed E-state index contributed by atoms with van der Waals surface area (Å²) < 4.78 is 39.1. The zero-order valence-electron chi connectivity index (χ0n) is 10.6. The Bertz CT molecular complexity index is 422. The van der Waals surface area contributed by atoms with Crippen molar-refractivity contribution in [2.24, 2.45) is 5.92 Å². The molecular weight excluding hydrogens is 267 g/mol. The minimum Gasteiger partial charge on any atom is -0.318 e. The maximum absolute atomic E-state index is 13.0. The van der Waals surface area contributed by atoms with Gasteiger partial charge < -0.3 is 5.32 Å². The smallest absolute Gasteiger partial charge is 0.318 e. The van der Waals surface area contributed by atoms with Gasteiger partial charge in [0.1, 0.15) is 0 Å². The number of rotatable bonds is 3. The molecule has 19 heavy (non-hydrogen) atoms. The summed E-state index contributed by atoms with van der Waals surface area (Å²) in [5.74, 6) is -2.79. The van der Waals surface area contributed by atoms with Crippen LogP contribution in [0.15, 0.2) is 0 Å². The Balaban J connectivity index is 3.18. The predicted molar refractivity (Wildman–Crippen MR) is 57.7 cm³/mol. The molecule has 2 N–H and O–H groups in total. The molecular formula is C10H14F3N3O3. The van der Waals surface area contributed by atoms with Gasteiger partial charge in [0.25, 0.3) is 11.6 Å². The first-order valence-corrected chi connectivity index (χ1v) is 5.51. The largest absolute Gasteiger partial charge is 0.440 e. The molecule has 1 rings (SSSR count). The highest BCUT2D eigenvalue weighted by atomic mass is 19.4. The van der Waals surface area contributed by atoms with Crippen molar-refractivity contribution in [1.82, 2.24) is 15.5 Å². The van der Waals surface area contributed by atoms with E-state index in [4.69, 9.17) is 0 Å². The molecule has 4 amide bonds. The van der Waals surface area contributed by atoms with E-state index in [2.05, 4.69) is 0 Å². The molecule has 1 heterocycles. The molecule has 108 valence electrons. The third kappa shape index (κ3) is 2.64. The molecule has 0 bridgehead atoms. The van der Waals surface area contributed by atoms with E-state index in [0.717, 1.165) is 6.92 Å². The SMILES string of the molecule is CC(=O)N[C@@]1(C(F)(F)F)NC(=O)N(CC(C)C)C1=O. The minimum absolute atomic E-state index is 0.165.